The van der Waals surface area contributed by atoms with E-state index in [4.69, 9.17) is 5.73 Å². The van der Waals surface area contributed by atoms with Crippen molar-refractivity contribution in [3.63, 3.8) is 0 Å². The summed E-state index contributed by atoms with van der Waals surface area (Å²) >= 11 is 0. The molecule has 0 fully saturated rings. The maximum atomic E-state index is 12.6. The van der Waals surface area contributed by atoms with Crippen LogP contribution < -0.4 is 5.73 Å². The van der Waals surface area contributed by atoms with Crippen LogP contribution >= 0.6 is 0 Å². The van der Waals surface area contributed by atoms with Crippen LogP contribution in [0.4, 0.5) is 0 Å². The molecule has 0 aliphatic carbocycles. The topological polar surface area (TPSA) is 49.6 Å². The van der Waals surface area contributed by atoms with Gasteiger partial charge in [0, 0.05) is 19.6 Å². The van der Waals surface area contributed by atoms with Gasteiger partial charge in [0.25, 0.3) is 0 Å². The average molecular weight is 300 g/mol. The number of amides is 1. The zero-order chi connectivity index (χ0) is 16.5. The predicted octanol–water partition coefficient (Wildman–Crippen LogP) is 2.58. The molecule has 0 heterocycles. The Kier molecular flexibility index (Phi) is 9.88. The summed E-state index contributed by atoms with van der Waals surface area (Å²) in [6.07, 6.45) is 1.89. The van der Waals surface area contributed by atoms with Crippen molar-refractivity contribution < 1.29 is 4.79 Å². The number of nitrogens with zero attached hydrogens (tertiary/aromatic N) is 2. The van der Waals surface area contributed by atoms with Gasteiger partial charge in [-0.05, 0) is 44.8 Å². The molecule has 0 rings (SSSR count). The average Bonchev–Trinajstić information content (AvgIpc) is 2.43. The molecule has 0 aliphatic heterocycles. The molecule has 1 amide bonds. The highest BCUT2D eigenvalue weighted by atomic mass is 16.2. The van der Waals surface area contributed by atoms with Gasteiger partial charge in [0.05, 0.1) is 5.92 Å². The van der Waals surface area contributed by atoms with Crippen LogP contribution in [-0.2, 0) is 4.79 Å². The van der Waals surface area contributed by atoms with E-state index in [0.29, 0.717) is 6.54 Å². The van der Waals surface area contributed by atoms with Gasteiger partial charge >= 0.3 is 0 Å². The van der Waals surface area contributed by atoms with Crippen LogP contribution in [0.2, 0.25) is 0 Å². The quantitative estimate of drug-likeness (QED) is 0.674. The molecule has 0 spiro atoms. The van der Waals surface area contributed by atoms with E-state index in [-0.39, 0.29) is 17.2 Å². The van der Waals surface area contributed by atoms with Gasteiger partial charge in [-0.1, -0.05) is 34.6 Å². The summed E-state index contributed by atoms with van der Waals surface area (Å²) in [7, 11) is 0. The Morgan fingerprint density at radius 1 is 1.05 bits per heavy atom. The molecular weight excluding hydrogens is 262 g/mol. The third-order valence-electron chi connectivity index (χ3n) is 3.98. The first-order valence-electron chi connectivity index (χ1n) is 8.50. The minimum Gasteiger partial charge on any atom is -0.343 e. The molecule has 1 atom stereocenters. The first-order chi connectivity index (χ1) is 9.78. The molecule has 4 heteroatoms. The molecule has 0 radical (unpaired) electrons. The summed E-state index contributed by atoms with van der Waals surface area (Å²) < 4.78 is 0. The molecule has 0 bridgehead atoms. The van der Waals surface area contributed by atoms with Gasteiger partial charge < -0.3 is 15.5 Å². The smallest absolute Gasteiger partial charge is 0.226 e. The number of carbonyl (C=O) groups is 1. The highest BCUT2D eigenvalue weighted by Crippen LogP contribution is 2.25. The van der Waals surface area contributed by atoms with Crippen LogP contribution in [0.3, 0.4) is 0 Å². The molecular formula is C17H37N3O. The maximum Gasteiger partial charge on any atom is 0.226 e. The SMILES string of the molecule is CCN(CC)CCCN(CC)C(=O)C(CN)CC(C)(C)C. The zero-order valence-electron chi connectivity index (χ0n) is 15.1. The first-order valence-corrected chi connectivity index (χ1v) is 8.50. The van der Waals surface area contributed by atoms with Gasteiger partial charge in [0.2, 0.25) is 5.91 Å². The lowest BCUT2D eigenvalue weighted by molar-refractivity contribution is -0.136. The van der Waals surface area contributed by atoms with Gasteiger partial charge in [0.15, 0.2) is 0 Å². The van der Waals surface area contributed by atoms with Gasteiger partial charge in [-0.2, -0.15) is 0 Å². The van der Waals surface area contributed by atoms with Crippen LogP contribution in [0.15, 0.2) is 0 Å². The van der Waals surface area contributed by atoms with Gasteiger partial charge in [0.1, 0.15) is 0 Å². The Balaban J connectivity index is 4.45. The van der Waals surface area contributed by atoms with Crippen LogP contribution in [0, 0.1) is 11.3 Å². The van der Waals surface area contributed by atoms with Crippen LogP contribution in [0.1, 0.15) is 54.4 Å². The highest BCUT2D eigenvalue weighted by molar-refractivity contribution is 5.79. The van der Waals surface area contributed by atoms with Gasteiger partial charge in [-0.3, -0.25) is 4.79 Å². The summed E-state index contributed by atoms with van der Waals surface area (Å²) in [5, 5.41) is 0. The van der Waals surface area contributed by atoms with Crippen LogP contribution in [-0.4, -0.2) is 55.0 Å². The molecule has 0 aliphatic rings. The fraction of sp³-hybridized carbons (Fsp3) is 0.941. The van der Waals surface area contributed by atoms with E-state index in [9.17, 15) is 4.79 Å². The van der Waals surface area contributed by atoms with E-state index in [0.717, 1.165) is 45.6 Å². The maximum absolute atomic E-state index is 12.6. The van der Waals surface area contributed by atoms with Gasteiger partial charge in [-0.25, -0.2) is 0 Å². The Labute approximate surface area is 132 Å². The van der Waals surface area contributed by atoms with E-state index in [1.165, 1.54) is 0 Å². The highest BCUT2D eigenvalue weighted by Gasteiger charge is 2.26. The van der Waals surface area contributed by atoms with E-state index in [1.54, 1.807) is 0 Å². The lowest BCUT2D eigenvalue weighted by Gasteiger charge is -2.30. The summed E-state index contributed by atoms with van der Waals surface area (Å²) in [5.41, 5.74) is 5.98. The van der Waals surface area contributed by atoms with Crippen molar-refractivity contribution in [2.24, 2.45) is 17.1 Å². The Morgan fingerprint density at radius 3 is 2.00 bits per heavy atom. The van der Waals surface area contributed by atoms with Crippen molar-refractivity contribution >= 4 is 5.91 Å². The van der Waals surface area contributed by atoms with E-state index < -0.39 is 0 Å². The summed E-state index contributed by atoms with van der Waals surface area (Å²) in [6, 6.07) is 0. The van der Waals surface area contributed by atoms with Crippen molar-refractivity contribution in [3.05, 3.63) is 0 Å². The molecule has 21 heavy (non-hydrogen) atoms. The standard InChI is InChI=1S/C17H37N3O/c1-7-19(8-2)11-10-12-20(9-3)16(21)15(14-18)13-17(4,5)6/h15H,7-14,18H2,1-6H3. The van der Waals surface area contributed by atoms with Crippen molar-refractivity contribution in [2.45, 2.75) is 54.4 Å². The fourth-order valence-corrected chi connectivity index (χ4v) is 2.72. The number of rotatable bonds is 10. The third-order valence-corrected chi connectivity index (χ3v) is 3.98. The molecule has 0 aromatic carbocycles. The molecule has 0 saturated heterocycles. The second-order valence-electron chi connectivity index (χ2n) is 7.00. The lowest BCUT2D eigenvalue weighted by Crippen LogP contribution is -2.41. The Morgan fingerprint density at radius 2 is 1.62 bits per heavy atom. The minimum absolute atomic E-state index is 0.0431. The third kappa shape index (κ3) is 8.42. The normalized spacial score (nSPS) is 13.5. The summed E-state index contributed by atoms with van der Waals surface area (Å²) in [6.45, 7) is 18.2. The fourth-order valence-electron chi connectivity index (χ4n) is 2.72. The molecule has 0 saturated carbocycles. The molecule has 0 aromatic rings. The predicted molar refractivity (Wildman–Crippen MR) is 91.3 cm³/mol. The van der Waals surface area contributed by atoms with E-state index in [1.807, 2.05) is 4.90 Å². The minimum atomic E-state index is -0.0431. The number of carbonyl (C=O) groups excluding carboxylic acids is 1. The number of hydrogen-bond donors (Lipinski definition) is 1. The van der Waals surface area contributed by atoms with Crippen molar-refractivity contribution in [1.29, 1.82) is 0 Å². The second kappa shape index (κ2) is 10.2. The summed E-state index contributed by atoms with van der Waals surface area (Å²) in [5.74, 6) is 0.188. The monoisotopic (exact) mass is 299 g/mol. The number of hydrogen-bond acceptors (Lipinski definition) is 3. The van der Waals surface area contributed by atoms with E-state index >= 15 is 0 Å². The summed E-state index contributed by atoms with van der Waals surface area (Å²) in [4.78, 5) is 17.0. The Bertz CT molecular complexity index is 282. The van der Waals surface area contributed by atoms with Crippen molar-refractivity contribution in [2.75, 3.05) is 39.3 Å². The van der Waals surface area contributed by atoms with Crippen LogP contribution in [0.5, 0.6) is 0 Å². The van der Waals surface area contributed by atoms with Crippen molar-refractivity contribution in [1.82, 2.24) is 9.80 Å². The first kappa shape index (κ1) is 20.4. The Hall–Kier alpha value is -0.610. The van der Waals surface area contributed by atoms with E-state index in [2.05, 4.69) is 46.4 Å². The van der Waals surface area contributed by atoms with Crippen LogP contribution in [0.25, 0.3) is 0 Å². The number of nitrogens with two attached hydrogens (primary N) is 1. The molecule has 126 valence electrons. The molecule has 4 nitrogen and oxygen atoms in total. The zero-order valence-corrected chi connectivity index (χ0v) is 15.1. The van der Waals surface area contributed by atoms with Gasteiger partial charge in [-0.15, -0.1) is 0 Å². The van der Waals surface area contributed by atoms with Crippen molar-refractivity contribution in [3.8, 4) is 0 Å². The second-order valence-corrected chi connectivity index (χ2v) is 7.00. The largest absolute Gasteiger partial charge is 0.343 e. The molecule has 0 aromatic heterocycles. The lowest BCUT2D eigenvalue weighted by atomic mass is 9.84. The molecule has 2 N–H and O–H groups in total. The molecule has 1 unspecified atom stereocenters.